The van der Waals surface area contributed by atoms with Crippen LogP contribution in [0.15, 0.2) is 58.6 Å². The van der Waals surface area contributed by atoms with Crippen molar-refractivity contribution in [2.75, 3.05) is 0 Å². The molecule has 1 N–H and O–H groups in total. The van der Waals surface area contributed by atoms with Gasteiger partial charge in [0.25, 0.3) is 5.91 Å². The first-order chi connectivity index (χ1) is 12.4. The van der Waals surface area contributed by atoms with Gasteiger partial charge in [-0.3, -0.25) is 4.79 Å². The maximum Gasteiger partial charge on any atom is 0.391 e. The Kier molecular flexibility index (Phi) is 5.86. The number of alkyl halides is 3. The third-order valence-corrected chi connectivity index (χ3v) is 5.47. The number of nitrogens with zero attached hydrogens (tertiary/aromatic N) is 1. The summed E-state index contributed by atoms with van der Waals surface area (Å²) in [7, 11) is 0. The third-order valence-electron chi connectivity index (χ3n) is 4.45. The van der Waals surface area contributed by atoms with Crippen molar-refractivity contribution in [2.45, 2.75) is 47.8 Å². The lowest BCUT2D eigenvalue weighted by molar-refractivity contribution is -0.183. The molecule has 1 amide bonds. The van der Waals surface area contributed by atoms with Gasteiger partial charge in [0, 0.05) is 17.1 Å². The topological polar surface area (TPSA) is 42.0 Å². The molecule has 1 aromatic heterocycles. The molecule has 0 unspecified atom stereocenters. The summed E-state index contributed by atoms with van der Waals surface area (Å²) in [5, 5.41) is 3.31. The molecule has 1 fully saturated rings. The van der Waals surface area contributed by atoms with E-state index in [2.05, 4.69) is 10.3 Å². The minimum absolute atomic E-state index is 0.0589. The van der Waals surface area contributed by atoms with Gasteiger partial charge in [-0.05, 0) is 43.5 Å². The van der Waals surface area contributed by atoms with Gasteiger partial charge < -0.3 is 5.32 Å². The number of benzene rings is 1. The lowest BCUT2D eigenvalue weighted by atomic mass is 9.85. The molecule has 0 spiro atoms. The Balaban J connectivity index is 1.70. The lowest BCUT2D eigenvalue weighted by Gasteiger charge is -2.31. The van der Waals surface area contributed by atoms with E-state index in [0.717, 1.165) is 4.90 Å². The van der Waals surface area contributed by atoms with E-state index in [9.17, 15) is 18.0 Å². The molecule has 1 heterocycles. The smallest absolute Gasteiger partial charge is 0.349 e. The molecule has 0 bridgehead atoms. The minimum atomic E-state index is -4.20. The molecule has 138 valence electrons. The second-order valence-corrected chi connectivity index (χ2v) is 7.41. The maximum atomic E-state index is 13.0. The highest BCUT2D eigenvalue weighted by Crippen LogP contribution is 2.37. The van der Waals surface area contributed by atoms with Crippen LogP contribution in [0.5, 0.6) is 0 Å². The zero-order valence-corrected chi connectivity index (χ0v) is 14.8. The zero-order valence-electron chi connectivity index (χ0n) is 14.0. The largest absolute Gasteiger partial charge is 0.391 e. The van der Waals surface area contributed by atoms with Crippen molar-refractivity contribution in [1.82, 2.24) is 10.3 Å². The number of aromatic nitrogens is 1. The van der Waals surface area contributed by atoms with Crippen LogP contribution < -0.4 is 5.32 Å². The quantitative estimate of drug-likeness (QED) is 0.804. The number of carbonyl (C=O) groups excluding carboxylic acids is 1. The first kappa shape index (κ1) is 18.8. The summed E-state index contributed by atoms with van der Waals surface area (Å²) in [6.45, 7) is 0. The van der Waals surface area contributed by atoms with Crippen LogP contribution in [0.1, 0.15) is 36.0 Å². The number of carbonyl (C=O) groups is 1. The summed E-state index contributed by atoms with van der Waals surface area (Å²) < 4.78 is 38.9. The van der Waals surface area contributed by atoms with Crippen LogP contribution in [0.4, 0.5) is 13.2 Å². The number of pyridine rings is 1. The summed E-state index contributed by atoms with van der Waals surface area (Å²) >= 11 is 1.36. The molecule has 3 nitrogen and oxygen atoms in total. The summed E-state index contributed by atoms with van der Waals surface area (Å²) in [5.74, 6) is -1.71. The molecule has 2 aromatic rings. The van der Waals surface area contributed by atoms with E-state index in [-0.39, 0.29) is 18.7 Å². The Bertz CT molecular complexity index is 752. The van der Waals surface area contributed by atoms with Gasteiger partial charge in [0.15, 0.2) is 0 Å². The highest BCUT2D eigenvalue weighted by Gasteiger charge is 2.42. The number of hydrogen-bond donors (Lipinski definition) is 1. The highest BCUT2D eigenvalue weighted by molar-refractivity contribution is 7.99. The van der Waals surface area contributed by atoms with Crippen molar-refractivity contribution < 1.29 is 18.0 Å². The molecule has 3 rings (SSSR count). The second-order valence-electron chi connectivity index (χ2n) is 6.35. The molecule has 1 saturated carbocycles. The molecule has 0 saturated heterocycles. The maximum absolute atomic E-state index is 13.0. The van der Waals surface area contributed by atoms with E-state index in [1.807, 2.05) is 30.3 Å². The van der Waals surface area contributed by atoms with Crippen LogP contribution >= 0.6 is 11.8 Å². The van der Waals surface area contributed by atoms with E-state index in [1.165, 1.54) is 11.8 Å². The van der Waals surface area contributed by atoms with Crippen molar-refractivity contribution in [2.24, 2.45) is 5.92 Å². The van der Waals surface area contributed by atoms with Gasteiger partial charge >= 0.3 is 6.18 Å². The molecule has 1 aliphatic rings. The van der Waals surface area contributed by atoms with Gasteiger partial charge in [-0.2, -0.15) is 13.2 Å². The third kappa shape index (κ3) is 4.78. The van der Waals surface area contributed by atoms with Gasteiger partial charge in [-0.25, -0.2) is 4.98 Å². The minimum Gasteiger partial charge on any atom is -0.349 e. The van der Waals surface area contributed by atoms with Crippen molar-refractivity contribution >= 4 is 17.7 Å². The van der Waals surface area contributed by atoms with Crippen LogP contribution in [-0.2, 0) is 0 Å². The van der Waals surface area contributed by atoms with E-state index in [0.29, 0.717) is 23.4 Å². The number of nitrogens with one attached hydrogen (secondary N) is 1. The molecule has 2 atom stereocenters. The van der Waals surface area contributed by atoms with E-state index in [4.69, 9.17) is 0 Å². The number of halogens is 3. The molecule has 0 radical (unpaired) electrons. The van der Waals surface area contributed by atoms with Gasteiger partial charge in [0.2, 0.25) is 0 Å². The second kappa shape index (κ2) is 8.12. The Hall–Kier alpha value is -2.02. The summed E-state index contributed by atoms with van der Waals surface area (Å²) in [4.78, 5) is 17.8. The summed E-state index contributed by atoms with van der Waals surface area (Å²) in [5.41, 5.74) is 0.385. The SMILES string of the molecule is O=C(N[C@H]1CCC[C@H](C(F)(F)F)C1)c1cccnc1Sc1ccccc1. The Morgan fingerprint density at radius 2 is 1.88 bits per heavy atom. The van der Waals surface area contributed by atoms with Crippen LogP contribution in [0.25, 0.3) is 0 Å². The first-order valence-electron chi connectivity index (χ1n) is 8.49. The fourth-order valence-corrected chi connectivity index (χ4v) is 4.03. The van der Waals surface area contributed by atoms with Crippen molar-refractivity contribution in [1.29, 1.82) is 0 Å². The Morgan fingerprint density at radius 1 is 1.12 bits per heavy atom. The van der Waals surface area contributed by atoms with Crippen molar-refractivity contribution in [3.63, 3.8) is 0 Å². The fraction of sp³-hybridized carbons (Fsp3) is 0.368. The van der Waals surface area contributed by atoms with E-state index in [1.54, 1.807) is 18.3 Å². The fourth-order valence-electron chi connectivity index (χ4n) is 3.13. The molecule has 26 heavy (non-hydrogen) atoms. The number of hydrogen-bond acceptors (Lipinski definition) is 3. The average molecular weight is 380 g/mol. The predicted molar refractivity (Wildman–Crippen MR) is 94.1 cm³/mol. The number of rotatable bonds is 4. The van der Waals surface area contributed by atoms with Gasteiger partial charge in [0.05, 0.1) is 11.5 Å². The molecule has 1 aromatic carbocycles. The number of amides is 1. The van der Waals surface area contributed by atoms with Gasteiger partial charge in [0.1, 0.15) is 5.03 Å². The van der Waals surface area contributed by atoms with Gasteiger partial charge in [-0.1, -0.05) is 36.4 Å². The standard InChI is InChI=1S/C19H19F3N2OS/c20-19(21,22)13-6-4-7-14(12-13)24-17(25)16-10-5-11-23-18(16)26-15-8-2-1-3-9-15/h1-3,5,8-11,13-14H,4,6-7,12H2,(H,24,25)/t13-,14-/m0/s1. The van der Waals surface area contributed by atoms with Crippen LogP contribution in [-0.4, -0.2) is 23.1 Å². The average Bonchev–Trinajstić information content (AvgIpc) is 2.62. The van der Waals surface area contributed by atoms with Crippen molar-refractivity contribution in [3.05, 3.63) is 54.2 Å². The molecule has 7 heteroatoms. The predicted octanol–water partition coefficient (Wildman–Crippen LogP) is 5.08. The normalized spacial score (nSPS) is 20.6. The van der Waals surface area contributed by atoms with Gasteiger partial charge in [-0.15, -0.1) is 0 Å². The molecule has 1 aliphatic carbocycles. The van der Waals surface area contributed by atoms with Crippen LogP contribution in [0, 0.1) is 5.92 Å². The Labute approximate surface area is 154 Å². The molecular weight excluding hydrogens is 361 g/mol. The summed E-state index contributed by atoms with van der Waals surface area (Å²) in [6.07, 6.45) is -1.49. The monoisotopic (exact) mass is 380 g/mol. The summed E-state index contributed by atoms with van der Waals surface area (Å²) in [6, 6.07) is 12.4. The highest BCUT2D eigenvalue weighted by atomic mass is 32.2. The Morgan fingerprint density at radius 3 is 2.62 bits per heavy atom. The lowest BCUT2D eigenvalue weighted by Crippen LogP contribution is -2.41. The van der Waals surface area contributed by atoms with E-state index < -0.39 is 18.1 Å². The molecule has 0 aliphatic heterocycles. The first-order valence-corrected chi connectivity index (χ1v) is 9.30. The zero-order chi connectivity index (χ0) is 18.6. The van der Waals surface area contributed by atoms with E-state index >= 15 is 0 Å². The van der Waals surface area contributed by atoms with Crippen LogP contribution in [0.3, 0.4) is 0 Å². The molecular formula is C19H19F3N2OS. The van der Waals surface area contributed by atoms with Crippen LogP contribution in [0.2, 0.25) is 0 Å². The van der Waals surface area contributed by atoms with Crippen molar-refractivity contribution in [3.8, 4) is 0 Å².